The second-order valence-corrected chi connectivity index (χ2v) is 7.05. The third kappa shape index (κ3) is 3.13. The molecule has 0 saturated carbocycles. The molecule has 1 aliphatic rings. The summed E-state index contributed by atoms with van der Waals surface area (Å²) in [4.78, 5) is 17.1. The molecule has 2 aromatic carbocycles. The van der Waals surface area contributed by atoms with Crippen molar-refractivity contribution in [3.8, 4) is 11.8 Å². The van der Waals surface area contributed by atoms with Crippen LogP contribution in [0, 0.1) is 14.9 Å². The van der Waals surface area contributed by atoms with E-state index in [4.69, 9.17) is 10.3 Å². The van der Waals surface area contributed by atoms with Gasteiger partial charge in [0.2, 0.25) is 5.91 Å². The summed E-state index contributed by atoms with van der Waals surface area (Å²) in [5.74, 6) is -0.121. The molecule has 26 heavy (non-hydrogen) atoms. The minimum atomic E-state index is -0.121. The second-order valence-electron chi connectivity index (χ2n) is 5.89. The molecule has 0 radical (unpaired) electrons. The molecule has 0 spiro atoms. The Labute approximate surface area is 164 Å². The van der Waals surface area contributed by atoms with E-state index in [1.807, 2.05) is 47.3 Å². The number of nitriles is 1. The van der Waals surface area contributed by atoms with Crippen LogP contribution in [0.15, 0.2) is 65.9 Å². The van der Waals surface area contributed by atoms with Crippen molar-refractivity contribution in [3.05, 3.63) is 75.6 Å². The minimum absolute atomic E-state index is 0.121. The fourth-order valence-electron chi connectivity index (χ4n) is 2.90. The van der Waals surface area contributed by atoms with Gasteiger partial charge in [0.25, 0.3) is 0 Å². The van der Waals surface area contributed by atoms with E-state index in [9.17, 15) is 4.79 Å². The zero-order valence-electron chi connectivity index (χ0n) is 13.6. The van der Waals surface area contributed by atoms with Crippen LogP contribution >= 0.6 is 22.6 Å². The van der Waals surface area contributed by atoms with E-state index >= 15 is 0 Å². The molecule has 5 nitrogen and oxygen atoms in total. The molecule has 1 amide bonds. The molecule has 0 saturated heterocycles. The standard InChI is InChI=1S/C20H13IN4O/c21-15-9-17-18(10-19(15)25-6-1-2-7-25)24-20(26)11-16(23-17)14-5-3-4-13(8-14)12-22/h1-10H,11H2,(H,24,26). The van der Waals surface area contributed by atoms with Gasteiger partial charge < -0.3 is 9.88 Å². The summed E-state index contributed by atoms with van der Waals surface area (Å²) in [5, 5.41) is 12.1. The Hall–Kier alpha value is -2.92. The predicted octanol–water partition coefficient (Wildman–Crippen LogP) is 4.42. The Balaban J connectivity index is 1.84. The molecule has 6 heteroatoms. The number of aromatic nitrogens is 1. The number of nitrogens with one attached hydrogen (secondary N) is 1. The lowest BCUT2D eigenvalue weighted by Crippen LogP contribution is -2.15. The Morgan fingerprint density at radius 1 is 1.15 bits per heavy atom. The van der Waals surface area contributed by atoms with Gasteiger partial charge in [-0.3, -0.25) is 9.79 Å². The maximum Gasteiger partial charge on any atom is 0.230 e. The number of aliphatic imine (C=N–C) groups is 1. The number of halogens is 1. The lowest BCUT2D eigenvalue weighted by molar-refractivity contribution is -0.115. The van der Waals surface area contributed by atoms with Crippen LogP contribution in [0.3, 0.4) is 0 Å². The molecule has 0 aliphatic carbocycles. The van der Waals surface area contributed by atoms with Crippen molar-refractivity contribution in [2.45, 2.75) is 6.42 Å². The maximum absolute atomic E-state index is 12.4. The Bertz CT molecular complexity index is 1080. The highest BCUT2D eigenvalue weighted by Gasteiger charge is 2.19. The third-order valence-electron chi connectivity index (χ3n) is 4.13. The fourth-order valence-corrected chi connectivity index (χ4v) is 3.63. The summed E-state index contributed by atoms with van der Waals surface area (Å²) in [5.41, 5.74) is 4.38. The van der Waals surface area contributed by atoms with Gasteiger partial charge in [0.1, 0.15) is 0 Å². The van der Waals surface area contributed by atoms with Gasteiger partial charge in [0.15, 0.2) is 0 Å². The van der Waals surface area contributed by atoms with Gasteiger partial charge in [-0.15, -0.1) is 0 Å². The van der Waals surface area contributed by atoms with Crippen molar-refractivity contribution in [1.82, 2.24) is 4.57 Å². The molecule has 0 unspecified atom stereocenters. The first-order valence-corrected chi connectivity index (χ1v) is 9.07. The highest BCUT2D eigenvalue weighted by Crippen LogP contribution is 2.34. The topological polar surface area (TPSA) is 70.2 Å². The van der Waals surface area contributed by atoms with Crippen molar-refractivity contribution in [3.63, 3.8) is 0 Å². The molecule has 0 bridgehead atoms. The van der Waals surface area contributed by atoms with Crippen molar-refractivity contribution in [2.75, 3.05) is 5.32 Å². The summed E-state index contributed by atoms with van der Waals surface area (Å²) >= 11 is 2.27. The molecule has 3 aromatic rings. The summed E-state index contributed by atoms with van der Waals surface area (Å²) in [7, 11) is 0. The number of benzene rings is 2. The van der Waals surface area contributed by atoms with E-state index in [0.717, 1.165) is 14.8 Å². The average molecular weight is 452 g/mol. The number of hydrogen-bond acceptors (Lipinski definition) is 3. The van der Waals surface area contributed by atoms with Crippen molar-refractivity contribution < 1.29 is 4.79 Å². The maximum atomic E-state index is 12.4. The molecule has 4 rings (SSSR count). The van der Waals surface area contributed by atoms with E-state index in [-0.39, 0.29) is 12.3 Å². The predicted molar refractivity (Wildman–Crippen MR) is 109 cm³/mol. The Kier molecular flexibility index (Phi) is 4.31. The summed E-state index contributed by atoms with van der Waals surface area (Å²) in [6.07, 6.45) is 4.09. The van der Waals surface area contributed by atoms with E-state index in [2.05, 4.69) is 34.0 Å². The van der Waals surface area contributed by atoms with Crippen LogP contribution in [-0.2, 0) is 4.79 Å². The van der Waals surface area contributed by atoms with Crippen LogP contribution in [0.25, 0.3) is 5.69 Å². The van der Waals surface area contributed by atoms with Crippen molar-refractivity contribution in [1.29, 1.82) is 5.26 Å². The quantitative estimate of drug-likeness (QED) is 0.585. The number of nitrogens with zero attached hydrogens (tertiary/aromatic N) is 3. The zero-order chi connectivity index (χ0) is 18.1. The molecular formula is C20H13IN4O. The number of anilines is 1. The van der Waals surface area contributed by atoms with E-state index in [1.165, 1.54) is 0 Å². The number of amides is 1. The first-order valence-electron chi connectivity index (χ1n) is 7.99. The SMILES string of the molecule is N#Cc1cccc(C2=Nc3cc(I)c(-n4cccc4)cc3NC(=O)C2)c1. The molecular weight excluding hydrogens is 439 g/mol. The van der Waals surface area contributed by atoms with Crippen LogP contribution in [0.2, 0.25) is 0 Å². The molecule has 1 aromatic heterocycles. The number of carbonyl (C=O) groups is 1. The molecule has 0 fully saturated rings. The molecule has 0 atom stereocenters. The smallest absolute Gasteiger partial charge is 0.230 e. The number of fused-ring (bicyclic) bond motifs is 1. The molecule has 1 N–H and O–H groups in total. The van der Waals surface area contributed by atoms with Gasteiger partial charge in [-0.2, -0.15) is 5.26 Å². The number of hydrogen-bond donors (Lipinski definition) is 1. The molecule has 1 aliphatic heterocycles. The van der Waals surface area contributed by atoms with Crippen LogP contribution in [-0.4, -0.2) is 16.2 Å². The third-order valence-corrected chi connectivity index (χ3v) is 4.99. The molecule has 2 heterocycles. The monoisotopic (exact) mass is 452 g/mol. The van der Waals surface area contributed by atoms with E-state index in [0.29, 0.717) is 22.6 Å². The van der Waals surface area contributed by atoms with Crippen molar-refractivity contribution in [2.24, 2.45) is 4.99 Å². The van der Waals surface area contributed by atoms with Gasteiger partial charge >= 0.3 is 0 Å². The summed E-state index contributed by atoms with van der Waals surface area (Å²) in [6, 6.07) is 17.1. The summed E-state index contributed by atoms with van der Waals surface area (Å²) in [6.45, 7) is 0. The fraction of sp³-hybridized carbons (Fsp3) is 0.0500. The average Bonchev–Trinajstić information content (AvgIpc) is 3.12. The minimum Gasteiger partial charge on any atom is -0.324 e. The number of carbonyl (C=O) groups excluding carboxylic acids is 1. The number of rotatable bonds is 2. The lowest BCUT2D eigenvalue weighted by Gasteiger charge is -2.11. The zero-order valence-corrected chi connectivity index (χ0v) is 15.8. The van der Waals surface area contributed by atoms with Gasteiger partial charge in [-0.05, 0) is 64.6 Å². The van der Waals surface area contributed by atoms with Crippen LogP contribution in [0.1, 0.15) is 17.5 Å². The first-order chi connectivity index (χ1) is 12.6. The Morgan fingerprint density at radius 2 is 1.96 bits per heavy atom. The normalized spacial score (nSPS) is 13.2. The highest BCUT2D eigenvalue weighted by atomic mass is 127. The van der Waals surface area contributed by atoms with Gasteiger partial charge in [-0.1, -0.05) is 12.1 Å². The first kappa shape index (κ1) is 16.5. The largest absolute Gasteiger partial charge is 0.324 e. The Morgan fingerprint density at radius 3 is 2.73 bits per heavy atom. The van der Waals surface area contributed by atoms with E-state index < -0.39 is 0 Å². The van der Waals surface area contributed by atoms with Gasteiger partial charge in [0.05, 0.1) is 40.8 Å². The van der Waals surface area contributed by atoms with Crippen LogP contribution in [0.4, 0.5) is 11.4 Å². The molecule has 126 valence electrons. The summed E-state index contributed by atoms with van der Waals surface area (Å²) < 4.78 is 3.03. The second kappa shape index (κ2) is 6.77. The van der Waals surface area contributed by atoms with Crippen LogP contribution < -0.4 is 5.32 Å². The lowest BCUT2D eigenvalue weighted by atomic mass is 10.0. The van der Waals surface area contributed by atoms with Gasteiger partial charge in [-0.25, -0.2) is 0 Å². The van der Waals surface area contributed by atoms with Gasteiger partial charge in [0, 0.05) is 16.0 Å². The van der Waals surface area contributed by atoms with Crippen molar-refractivity contribution >= 4 is 45.6 Å². The highest BCUT2D eigenvalue weighted by molar-refractivity contribution is 14.1. The van der Waals surface area contributed by atoms with E-state index in [1.54, 1.807) is 18.2 Å². The van der Waals surface area contributed by atoms with Crippen LogP contribution in [0.5, 0.6) is 0 Å².